The summed E-state index contributed by atoms with van der Waals surface area (Å²) in [5.74, 6) is 1.76. The van der Waals surface area contributed by atoms with Crippen LogP contribution in [0.3, 0.4) is 0 Å². The molecule has 4 aliphatic carbocycles. The summed E-state index contributed by atoms with van der Waals surface area (Å²) < 4.78 is 27.5. The van der Waals surface area contributed by atoms with Crippen molar-refractivity contribution in [2.75, 3.05) is 31.1 Å². The van der Waals surface area contributed by atoms with Gasteiger partial charge >= 0.3 is 0 Å². The molecule has 1 saturated heterocycles. The molecule has 12 heteroatoms. The van der Waals surface area contributed by atoms with Crippen molar-refractivity contribution in [3.05, 3.63) is 62.1 Å². The lowest BCUT2D eigenvalue weighted by Gasteiger charge is -2.56. The lowest BCUT2D eigenvalue weighted by Crippen LogP contribution is -2.59. The Bertz CT molecular complexity index is 1410. The zero-order chi connectivity index (χ0) is 27.5. The number of rotatable bonds is 6. The van der Waals surface area contributed by atoms with Gasteiger partial charge in [0.1, 0.15) is 5.69 Å². The largest absolute Gasteiger partial charge is 0.363 e. The van der Waals surface area contributed by atoms with Gasteiger partial charge in [0.15, 0.2) is 0 Å². The molecule has 9 nitrogen and oxygen atoms in total. The number of sulfonamides is 1. The first kappa shape index (κ1) is 26.8. The van der Waals surface area contributed by atoms with Crippen LogP contribution in [-0.4, -0.2) is 55.3 Å². The normalized spacial score (nSPS) is 28.5. The second kappa shape index (κ2) is 9.90. The van der Waals surface area contributed by atoms with Gasteiger partial charge in [0, 0.05) is 43.3 Å². The third kappa shape index (κ3) is 5.01. The van der Waals surface area contributed by atoms with Crippen molar-refractivity contribution < 1.29 is 18.1 Å². The zero-order valence-electron chi connectivity index (χ0n) is 21.3. The van der Waals surface area contributed by atoms with Gasteiger partial charge in [-0.05, 0) is 86.6 Å². The number of carbonyl (C=O) groups excluding carboxylic acids is 1. The van der Waals surface area contributed by atoms with Crippen LogP contribution in [0.4, 0.5) is 11.4 Å². The molecule has 208 valence electrons. The molecule has 0 unspecified atom stereocenters. The van der Waals surface area contributed by atoms with Crippen LogP contribution in [-0.2, 0) is 10.0 Å². The highest BCUT2D eigenvalue weighted by molar-refractivity contribution is 7.89. The standard InChI is InChI=1S/C27H30Cl2N4O5S/c28-22-3-2-21(13-23(22)29)39(37,38)32-7-5-31(6-8-32)24-4-1-20(12-25(24)33(35)36)26(34)30-27-14-17-9-18(15-27)11-19(10-17)16-27/h1-4,12-13,17-19H,5-11,14-16H2,(H,30,34). The molecule has 0 radical (unpaired) electrons. The maximum atomic E-state index is 13.3. The number of nitro benzene ring substituents is 1. The highest BCUT2D eigenvalue weighted by Crippen LogP contribution is 2.55. The van der Waals surface area contributed by atoms with Gasteiger partial charge in [-0.1, -0.05) is 23.2 Å². The quantitative estimate of drug-likeness (QED) is 0.368. The predicted molar refractivity (Wildman–Crippen MR) is 149 cm³/mol. The number of nitrogens with zero attached hydrogens (tertiary/aromatic N) is 3. The minimum atomic E-state index is -3.80. The van der Waals surface area contributed by atoms with Crippen molar-refractivity contribution in [1.82, 2.24) is 9.62 Å². The Kier molecular flexibility index (Phi) is 6.81. The Morgan fingerprint density at radius 2 is 1.54 bits per heavy atom. The third-order valence-corrected chi connectivity index (χ3v) is 11.6. The first-order chi connectivity index (χ1) is 18.5. The topological polar surface area (TPSA) is 113 Å². The summed E-state index contributed by atoms with van der Waals surface area (Å²) in [6.45, 7) is 0.822. The SMILES string of the molecule is O=C(NC12CC3CC(CC(C3)C1)C2)c1ccc(N2CCN(S(=O)(=O)c3ccc(Cl)c(Cl)c3)CC2)c([N+](=O)[O-])c1. The molecular weight excluding hydrogens is 563 g/mol. The molecule has 1 aliphatic heterocycles. The maximum absolute atomic E-state index is 13.3. The minimum Gasteiger partial charge on any atom is -0.363 e. The Hall–Kier alpha value is -2.40. The Morgan fingerprint density at radius 1 is 0.923 bits per heavy atom. The molecule has 4 saturated carbocycles. The third-order valence-electron chi connectivity index (χ3n) is 8.96. The summed E-state index contributed by atoms with van der Waals surface area (Å²) >= 11 is 11.9. The second-order valence-electron chi connectivity index (χ2n) is 11.6. The molecule has 0 atom stereocenters. The van der Waals surface area contributed by atoms with E-state index in [0.29, 0.717) is 23.4 Å². The molecular formula is C27H30Cl2N4O5S. The van der Waals surface area contributed by atoms with E-state index in [0.717, 1.165) is 19.3 Å². The fraction of sp³-hybridized carbons (Fsp3) is 0.519. The summed E-state index contributed by atoms with van der Waals surface area (Å²) in [7, 11) is -3.80. The Balaban J connectivity index is 1.16. The van der Waals surface area contributed by atoms with Crippen LogP contribution < -0.4 is 10.2 Å². The number of nitro groups is 1. The van der Waals surface area contributed by atoms with E-state index in [4.69, 9.17) is 23.2 Å². The summed E-state index contributed by atoms with van der Waals surface area (Å²) in [6.07, 6.45) is 6.78. The van der Waals surface area contributed by atoms with Gasteiger partial charge < -0.3 is 10.2 Å². The summed E-state index contributed by atoms with van der Waals surface area (Å²) in [5.41, 5.74) is 0.309. The van der Waals surface area contributed by atoms with Gasteiger partial charge in [-0.25, -0.2) is 8.42 Å². The molecule has 0 spiro atoms. The lowest BCUT2D eigenvalue weighted by molar-refractivity contribution is -0.384. The summed E-state index contributed by atoms with van der Waals surface area (Å²) in [4.78, 5) is 26.7. The fourth-order valence-electron chi connectivity index (χ4n) is 7.61. The number of hydrogen-bond acceptors (Lipinski definition) is 6. The molecule has 2 aromatic rings. The smallest absolute Gasteiger partial charge is 0.293 e. The van der Waals surface area contributed by atoms with Gasteiger partial charge in [-0.3, -0.25) is 14.9 Å². The number of nitrogens with one attached hydrogen (secondary N) is 1. The van der Waals surface area contributed by atoms with E-state index < -0.39 is 14.9 Å². The molecule has 1 amide bonds. The van der Waals surface area contributed by atoms with E-state index in [2.05, 4.69) is 5.32 Å². The Labute approximate surface area is 237 Å². The van der Waals surface area contributed by atoms with Crippen LogP contribution in [0.5, 0.6) is 0 Å². The molecule has 4 bridgehead atoms. The fourth-order valence-corrected chi connectivity index (χ4v) is 9.42. The van der Waals surface area contributed by atoms with Crippen LogP contribution in [0, 0.1) is 27.9 Å². The van der Waals surface area contributed by atoms with E-state index in [9.17, 15) is 23.3 Å². The number of amides is 1. The van der Waals surface area contributed by atoms with E-state index in [1.165, 1.54) is 47.8 Å². The van der Waals surface area contributed by atoms with Crippen molar-refractivity contribution in [2.45, 2.75) is 49.0 Å². The first-order valence-corrected chi connectivity index (χ1v) is 15.5. The van der Waals surface area contributed by atoms with Crippen LogP contribution in [0.2, 0.25) is 10.0 Å². The van der Waals surface area contributed by atoms with Crippen molar-refractivity contribution in [3.8, 4) is 0 Å². The van der Waals surface area contributed by atoms with E-state index in [1.807, 2.05) is 0 Å². The molecule has 7 rings (SSSR count). The maximum Gasteiger partial charge on any atom is 0.293 e. The van der Waals surface area contributed by atoms with Crippen LogP contribution >= 0.6 is 23.2 Å². The minimum absolute atomic E-state index is 0.0470. The summed E-state index contributed by atoms with van der Waals surface area (Å²) in [5, 5.41) is 15.7. The number of halogens is 2. The number of piperazine rings is 1. The van der Waals surface area contributed by atoms with E-state index in [-0.39, 0.29) is 63.8 Å². The van der Waals surface area contributed by atoms with E-state index in [1.54, 1.807) is 17.0 Å². The molecule has 0 aromatic heterocycles. The average molecular weight is 594 g/mol. The highest BCUT2D eigenvalue weighted by Gasteiger charge is 2.51. The van der Waals surface area contributed by atoms with Gasteiger partial charge in [0.2, 0.25) is 10.0 Å². The number of benzene rings is 2. The number of anilines is 1. The average Bonchev–Trinajstić information content (AvgIpc) is 2.89. The van der Waals surface area contributed by atoms with Gasteiger partial charge in [-0.2, -0.15) is 4.31 Å². The predicted octanol–water partition coefficient (Wildman–Crippen LogP) is 5.11. The monoisotopic (exact) mass is 592 g/mol. The van der Waals surface area contributed by atoms with Crippen molar-refractivity contribution in [3.63, 3.8) is 0 Å². The van der Waals surface area contributed by atoms with Crippen molar-refractivity contribution in [1.29, 1.82) is 0 Å². The lowest BCUT2D eigenvalue weighted by atomic mass is 9.53. The molecule has 5 fully saturated rings. The number of carbonyl (C=O) groups is 1. The van der Waals surface area contributed by atoms with Gasteiger partial charge in [0.25, 0.3) is 11.6 Å². The summed E-state index contributed by atoms with van der Waals surface area (Å²) in [6, 6.07) is 8.77. The van der Waals surface area contributed by atoms with Crippen LogP contribution in [0.15, 0.2) is 41.3 Å². The molecule has 2 aromatic carbocycles. The Morgan fingerprint density at radius 3 is 2.10 bits per heavy atom. The van der Waals surface area contributed by atoms with Crippen molar-refractivity contribution >= 4 is 50.5 Å². The van der Waals surface area contributed by atoms with E-state index >= 15 is 0 Å². The molecule has 5 aliphatic rings. The zero-order valence-corrected chi connectivity index (χ0v) is 23.6. The van der Waals surface area contributed by atoms with Crippen LogP contribution in [0.1, 0.15) is 48.9 Å². The molecule has 1 heterocycles. The first-order valence-electron chi connectivity index (χ1n) is 13.3. The molecule has 1 N–H and O–H groups in total. The number of hydrogen-bond donors (Lipinski definition) is 1. The van der Waals surface area contributed by atoms with Crippen LogP contribution in [0.25, 0.3) is 0 Å². The second-order valence-corrected chi connectivity index (χ2v) is 14.3. The molecule has 39 heavy (non-hydrogen) atoms. The van der Waals surface area contributed by atoms with Gasteiger partial charge in [0.05, 0.1) is 19.9 Å². The van der Waals surface area contributed by atoms with Crippen molar-refractivity contribution in [2.24, 2.45) is 17.8 Å². The highest BCUT2D eigenvalue weighted by atomic mass is 35.5. The van der Waals surface area contributed by atoms with Gasteiger partial charge in [-0.15, -0.1) is 0 Å².